The Morgan fingerprint density at radius 1 is 1.47 bits per heavy atom. The number of aromatic amines is 1. The quantitative estimate of drug-likeness (QED) is 0.847. The van der Waals surface area contributed by atoms with Crippen molar-refractivity contribution in [2.45, 2.75) is 13.5 Å². The predicted molar refractivity (Wildman–Crippen MR) is 63.2 cm³/mol. The van der Waals surface area contributed by atoms with E-state index in [1.165, 1.54) is 0 Å². The van der Waals surface area contributed by atoms with Gasteiger partial charge in [-0.3, -0.25) is 4.79 Å². The number of aromatic nitrogens is 4. The van der Waals surface area contributed by atoms with Crippen molar-refractivity contribution in [2.75, 3.05) is 14.1 Å². The van der Waals surface area contributed by atoms with Gasteiger partial charge in [0.25, 0.3) is 0 Å². The minimum Gasteiger partial charge on any atom is -0.348 e. The van der Waals surface area contributed by atoms with E-state index in [4.69, 9.17) is 0 Å². The summed E-state index contributed by atoms with van der Waals surface area (Å²) in [6.07, 6.45) is 5.08. The monoisotopic (exact) mass is 233 g/mol. The van der Waals surface area contributed by atoms with Gasteiger partial charge in [-0.25, -0.2) is 9.97 Å². The van der Waals surface area contributed by atoms with Gasteiger partial charge in [0.15, 0.2) is 5.82 Å². The highest BCUT2D eigenvalue weighted by atomic mass is 16.2. The van der Waals surface area contributed by atoms with Crippen LogP contribution in [-0.4, -0.2) is 44.4 Å². The minimum atomic E-state index is 0.0254. The van der Waals surface area contributed by atoms with E-state index in [9.17, 15) is 4.79 Å². The average Bonchev–Trinajstić information content (AvgIpc) is 2.86. The topological polar surface area (TPSA) is 66.8 Å². The third-order valence-corrected chi connectivity index (χ3v) is 2.56. The van der Waals surface area contributed by atoms with Gasteiger partial charge >= 0.3 is 0 Å². The first-order valence-electron chi connectivity index (χ1n) is 5.31. The molecule has 0 atom stereocenters. The van der Waals surface area contributed by atoms with E-state index >= 15 is 0 Å². The standard InChI is InChI=1S/C11H15N5O/c1-8-10(14-7-13-8)11-12-4-5-16(11)6-9(17)15(2)3/h4-5,7H,6H2,1-3H3,(H,13,14). The molecule has 0 aliphatic heterocycles. The van der Waals surface area contributed by atoms with Crippen molar-refractivity contribution < 1.29 is 4.79 Å². The molecule has 0 unspecified atom stereocenters. The SMILES string of the molecule is Cc1[nH]cnc1-c1nccn1CC(=O)N(C)C. The molecule has 0 fully saturated rings. The Bertz CT molecular complexity index is 525. The molecule has 0 aliphatic carbocycles. The lowest BCUT2D eigenvalue weighted by atomic mass is 10.3. The lowest BCUT2D eigenvalue weighted by Gasteiger charge is -2.12. The summed E-state index contributed by atoms with van der Waals surface area (Å²) in [5.41, 5.74) is 1.72. The molecular formula is C11H15N5O. The molecule has 6 heteroatoms. The molecule has 0 bridgehead atoms. The maximum atomic E-state index is 11.7. The van der Waals surface area contributed by atoms with Crippen LogP contribution in [0.1, 0.15) is 5.69 Å². The molecule has 1 amide bonds. The molecule has 0 aliphatic rings. The second kappa shape index (κ2) is 4.40. The number of H-pyrrole nitrogens is 1. The molecule has 2 aromatic heterocycles. The van der Waals surface area contributed by atoms with Gasteiger partial charge in [0.05, 0.1) is 6.33 Å². The number of aryl methyl sites for hydroxylation is 1. The Hall–Kier alpha value is -2.11. The molecule has 0 spiro atoms. The summed E-state index contributed by atoms with van der Waals surface area (Å²) in [4.78, 5) is 24.7. The van der Waals surface area contributed by atoms with Crippen molar-refractivity contribution in [3.8, 4) is 11.5 Å². The highest BCUT2D eigenvalue weighted by molar-refractivity contribution is 5.76. The largest absolute Gasteiger partial charge is 0.348 e. The Morgan fingerprint density at radius 3 is 2.82 bits per heavy atom. The molecule has 17 heavy (non-hydrogen) atoms. The number of nitrogens with one attached hydrogen (secondary N) is 1. The van der Waals surface area contributed by atoms with Gasteiger partial charge in [-0.1, -0.05) is 0 Å². The minimum absolute atomic E-state index is 0.0254. The molecule has 2 heterocycles. The molecule has 6 nitrogen and oxygen atoms in total. The maximum absolute atomic E-state index is 11.7. The van der Waals surface area contributed by atoms with E-state index in [1.54, 1.807) is 42.3 Å². The van der Waals surface area contributed by atoms with Crippen LogP contribution in [0.3, 0.4) is 0 Å². The first-order chi connectivity index (χ1) is 8.09. The number of carbonyl (C=O) groups is 1. The van der Waals surface area contributed by atoms with Crippen LogP contribution in [0.2, 0.25) is 0 Å². The zero-order valence-corrected chi connectivity index (χ0v) is 10.1. The van der Waals surface area contributed by atoms with E-state index in [0.29, 0.717) is 5.82 Å². The van der Waals surface area contributed by atoms with E-state index in [0.717, 1.165) is 11.4 Å². The van der Waals surface area contributed by atoms with Crippen molar-refractivity contribution in [1.29, 1.82) is 0 Å². The summed E-state index contributed by atoms with van der Waals surface area (Å²) < 4.78 is 1.80. The van der Waals surface area contributed by atoms with Crippen LogP contribution in [0.15, 0.2) is 18.7 Å². The maximum Gasteiger partial charge on any atom is 0.242 e. The molecular weight excluding hydrogens is 218 g/mol. The fraction of sp³-hybridized carbons (Fsp3) is 0.364. The molecule has 90 valence electrons. The predicted octanol–water partition coefficient (Wildman–Crippen LogP) is 0.670. The fourth-order valence-electron chi connectivity index (χ4n) is 1.53. The number of nitrogens with zero attached hydrogens (tertiary/aromatic N) is 4. The van der Waals surface area contributed by atoms with Gasteiger partial charge < -0.3 is 14.5 Å². The number of rotatable bonds is 3. The van der Waals surface area contributed by atoms with Crippen molar-refractivity contribution in [3.63, 3.8) is 0 Å². The summed E-state index contributed by atoms with van der Waals surface area (Å²) in [7, 11) is 3.47. The number of imidazole rings is 2. The lowest BCUT2D eigenvalue weighted by molar-refractivity contribution is -0.129. The van der Waals surface area contributed by atoms with E-state index < -0.39 is 0 Å². The van der Waals surface area contributed by atoms with Crippen LogP contribution in [-0.2, 0) is 11.3 Å². The van der Waals surface area contributed by atoms with Crippen LogP contribution >= 0.6 is 0 Å². The van der Waals surface area contributed by atoms with Crippen LogP contribution in [0.4, 0.5) is 0 Å². The highest BCUT2D eigenvalue weighted by Crippen LogP contribution is 2.17. The van der Waals surface area contributed by atoms with Crippen LogP contribution in [0.25, 0.3) is 11.5 Å². The van der Waals surface area contributed by atoms with Gasteiger partial charge in [0, 0.05) is 32.2 Å². The normalized spacial score (nSPS) is 10.5. The second-order valence-corrected chi connectivity index (χ2v) is 4.04. The number of hydrogen-bond donors (Lipinski definition) is 1. The summed E-state index contributed by atoms with van der Waals surface area (Å²) >= 11 is 0. The first-order valence-corrected chi connectivity index (χ1v) is 5.31. The zero-order chi connectivity index (χ0) is 12.4. The Balaban J connectivity index is 2.30. The van der Waals surface area contributed by atoms with Crippen LogP contribution < -0.4 is 0 Å². The van der Waals surface area contributed by atoms with Crippen LogP contribution in [0.5, 0.6) is 0 Å². The molecule has 2 aromatic rings. The smallest absolute Gasteiger partial charge is 0.242 e. The van der Waals surface area contributed by atoms with Crippen molar-refractivity contribution in [1.82, 2.24) is 24.4 Å². The molecule has 0 saturated carbocycles. The Morgan fingerprint density at radius 2 is 2.24 bits per heavy atom. The summed E-state index contributed by atoms with van der Waals surface area (Å²) in [5, 5.41) is 0. The van der Waals surface area contributed by atoms with Crippen molar-refractivity contribution in [2.24, 2.45) is 0 Å². The van der Waals surface area contributed by atoms with Gasteiger partial charge in [0.2, 0.25) is 5.91 Å². The number of carbonyl (C=O) groups excluding carboxylic acids is 1. The van der Waals surface area contributed by atoms with Gasteiger partial charge in [0.1, 0.15) is 12.2 Å². The molecule has 1 N–H and O–H groups in total. The fourth-order valence-corrected chi connectivity index (χ4v) is 1.53. The third kappa shape index (κ3) is 2.20. The zero-order valence-electron chi connectivity index (χ0n) is 10.1. The summed E-state index contributed by atoms with van der Waals surface area (Å²) in [5.74, 6) is 0.733. The number of likely N-dealkylation sites (N-methyl/N-ethyl adjacent to an activating group) is 1. The van der Waals surface area contributed by atoms with Crippen LogP contribution in [0, 0.1) is 6.92 Å². The highest BCUT2D eigenvalue weighted by Gasteiger charge is 2.13. The number of amides is 1. The number of hydrogen-bond acceptors (Lipinski definition) is 3. The summed E-state index contributed by atoms with van der Waals surface area (Å²) in [6.45, 7) is 2.20. The van der Waals surface area contributed by atoms with Gasteiger partial charge in [-0.05, 0) is 6.92 Å². The van der Waals surface area contributed by atoms with Crippen molar-refractivity contribution >= 4 is 5.91 Å². The Labute approximate surface area is 99.3 Å². The average molecular weight is 233 g/mol. The summed E-state index contributed by atoms with van der Waals surface area (Å²) in [6, 6.07) is 0. The molecule has 0 radical (unpaired) electrons. The van der Waals surface area contributed by atoms with E-state index in [-0.39, 0.29) is 12.5 Å². The first kappa shape index (κ1) is 11.4. The van der Waals surface area contributed by atoms with E-state index in [2.05, 4.69) is 15.0 Å². The van der Waals surface area contributed by atoms with Gasteiger partial charge in [-0.2, -0.15) is 0 Å². The molecule has 0 aromatic carbocycles. The molecule has 2 rings (SSSR count). The third-order valence-electron chi connectivity index (χ3n) is 2.56. The molecule has 0 saturated heterocycles. The van der Waals surface area contributed by atoms with Crippen molar-refractivity contribution in [3.05, 3.63) is 24.4 Å². The Kier molecular flexibility index (Phi) is 2.95. The second-order valence-electron chi connectivity index (χ2n) is 4.04. The lowest BCUT2D eigenvalue weighted by Crippen LogP contribution is -2.26. The van der Waals surface area contributed by atoms with Gasteiger partial charge in [-0.15, -0.1) is 0 Å². The van der Waals surface area contributed by atoms with E-state index in [1.807, 2.05) is 6.92 Å².